The van der Waals surface area contributed by atoms with Crippen molar-refractivity contribution in [2.24, 2.45) is 5.41 Å². The van der Waals surface area contributed by atoms with Gasteiger partial charge in [0.15, 0.2) is 5.78 Å². The van der Waals surface area contributed by atoms with Gasteiger partial charge < -0.3 is 10.2 Å². The monoisotopic (exact) mass is 272 g/mol. The molecule has 1 aromatic carbocycles. The fourth-order valence-corrected chi connectivity index (χ4v) is 1.94. The zero-order chi connectivity index (χ0) is 14.8. The zero-order valence-electron chi connectivity index (χ0n) is 12.1. The second-order valence-electron chi connectivity index (χ2n) is 5.45. The van der Waals surface area contributed by atoms with Crippen molar-refractivity contribution in [1.82, 2.24) is 4.90 Å². The van der Waals surface area contributed by atoms with Crippen molar-refractivity contribution >= 4 is 17.4 Å². The Bertz CT molecular complexity index is 543. The third-order valence-corrected chi connectivity index (χ3v) is 3.73. The molecule has 1 N–H and O–H groups in total. The van der Waals surface area contributed by atoms with E-state index >= 15 is 0 Å². The maximum atomic E-state index is 12.3. The molecule has 0 aromatic heterocycles. The smallest absolute Gasteiger partial charge is 0.238 e. The SMILES string of the molecule is C/C(=C\C(=O)C1(C(=O)Nc2ccccc2)CC1)N(C)C. The Morgan fingerprint density at radius 2 is 1.80 bits per heavy atom. The predicted molar refractivity (Wildman–Crippen MR) is 79.2 cm³/mol. The van der Waals surface area contributed by atoms with Gasteiger partial charge >= 0.3 is 0 Å². The summed E-state index contributed by atoms with van der Waals surface area (Å²) in [5.74, 6) is -0.298. The van der Waals surface area contributed by atoms with Gasteiger partial charge in [-0.2, -0.15) is 0 Å². The van der Waals surface area contributed by atoms with E-state index < -0.39 is 5.41 Å². The molecule has 1 fully saturated rings. The summed E-state index contributed by atoms with van der Waals surface area (Å²) >= 11 is 0. The standard InChI is InChI=1S/C16H20N2O2/c1-12(18(2)3)11-14(19)16(9-10-16)15(20)17-13-7-5-4-6-8-13/h4-8,11H,9-10H2,1-3H3,(H,17,20)/b12-11+. The van der Waals surface area contributed by atoms with Gasteiger partial charge in [-0.05, 0) is 31.9 Å². The lowest BCUT2D eigenvalue weighted by Crippen LogP contribution is -2.31. The number of amides is 1. The fourth-order valence-electron chi connectivity index (χ4n) is 1.94. The van der Waals surface area contributed by atoms with Crippen molar-refractivity contribution in [3.63, 3.8) is 0 Å². The Hall–Kier alpha value is -2.10. The highest BCUT2D eigenvalue weighted by molar-refractivity contribution is 6.17. The molecule has 0 spiro atoms. The van der Waals surface area contributed by atoms with Crippen LogP contribution in [0.3, 0.4) is 0 Å². The van der Waals surface area contributed by atoms with Crippen molar-refractivity contribution in [3.8, 4) is 0 Å². The average Bonchev–Trinajstić information content (AvgIpc) is 3.21. The number of carbonyl (C=O) groups excluding carboxylic acids is 2. The fraction of sp³-hybridized carbons (Fsp3) is 0.375. The van der Waals surface area contributed by atoms with Crippen LogP contribution in [0.15, 0.2) is 42.1 Å². The van der Waals surface area contributed by atoms with E-state index in [0.717, 1.165) is 11.4 Å². The van der Waals surface area contributed by atoms with E-state index in [-0.39, 0.29) is 11.7 Å². The second-order valence-corrected chi connectivity index (χ2v) is 5.45. The summed E-state index contributed by atoms with van der Waals surface area (Å²) in [6, 6.07) is 9.23. The van der Waals surface area contributed by atoms with Crippen LogP contribution in [0.1, 0.15) is 19.8 Å². The number of hydrogen-bond donors (Lipinski definition) is 1. The number of hydrogen-bond acceptors (Lipinski definition) is 3. The Morgan fingerprint density at radius 3 is 2.30 bits per heavy atom. The van der Waals surface area contributed by atoms with E-state index in [0.29, 0.717) is 12.8 Å². The van der Waals surface area contributed by atoms with Crippen LogP contribution in [-0.4, -0.2) is 30.7 Å². The lowest BCUT2D eigenvalue weighted by atomic mass is 9.98. The van der Waals surface area contributed by atoms with Crippen LogP contribution in [0, 0.1) is 5.41 Å². The van der Waals surface area contributed by atoms with Gasteiger partial charge in [-0.3, -0.25) is 9.59 Å². The molecule has 0 aliphatic heterocycles. The first-order valence-corrected chi connectivity index (χ1v) is 6.72. The molecule has 1 aliphatic rings. The summed E-state index contributed by atoms with van der Waals surface area (Å²) < 4.78 is 0. The number of para-hydroxylation sites is 1. The minimum absolute atomic E-state index is 0.0999. The van der Waals surface area contributed by atoms with Crippen molar-refractivity contribution in [1.29, 1.82) is 0 Å². The molecule has 0 bridgehead atoms. The predicted octanol–water partition coefficient (Wildman–Crippen LogP) is 2.44. The van der Waals surface area contributed by atoms with E-state index in [1.54, 1.807) is 6.08 Å². The number of rotatable bonds is 5. The zero-order valence-corrected chi connectivity index (χ0v) is 12.1. The first kappa shape index (κ1) is 14.3. The van der Waals surface area contributed by atoms with Crippen molar-refractivity contribution in [2.75, 3.05) is 19.4 Å². The van der Waals surface area contributed by atoms with Crippen LogP contribution in [0.5, 0.6) is 0 Å². The molecule has 2 rings (SSSR count). The van der Waals surface area contributed by atoms with Gasteiger partial charge in [-0.15, -0.1) is 0 Å². The summed E-state index contributed by atoms with van der Waals surface area (Å²) in [6.45, 7) is 1.86. The van der Waals surface area contributed by atoms with Crippen LogP contribution in [-0.2, 0) is 9.59 Å². The van der Waals surface area contributed by atoms with Gasteiger partial charge in [0.2, 0.25) is 5.91 Å². The summed E-state index contributed by atoms with van der Waals surface area (Å²) in [5.41, 5.74) is 0.728. The molecule has 106 valence electrons. The molecule has 0 unspecified atom stereocenters. The van der Waals surface area contributed by atoms with E-state index in [1.807, 2.05) is 56.3 Å². The van der Waals surface area contributed by atoms with Gasteiger partial charge in [0, 0.05) is 31.6 Å². The summed E-state index contributed by atoms with van der Waals surface area (Å²) in [7, 11) is 3.76. The maximum absolute atomic E-state index is 12.3. The number of carbonyl (C=O) groups is 2. The van der Waals surface area contributed by atoms with Crippen LogP contribution >= 0.6 is 0 Å². The highest BCUT2D eigenvalue weighted by atomic mass is 16.2. The number of allylic oxidation sites excluding steroid dienone is 2. The Morgan fingerprint density at radius 1 is 1.20 bits per heavy atom. The quantitative estimate of drug-likeness (QED) is 0.661. The molecule has 1 saturated carbocycles. The lowest BCUT2D eigenvalue weighted by molar-refractivity contribution is -0.130. The minimum Gasteiger partial charge on any atom is -0.381 e. The molecule has 4 nitrogen and oxygen atoms in total. The summed E-state index contributed by atoms with van der Waals surface area (Å²) in [6.07, 6.45) is 2.82. The van der Waals surface area contributed by atoms with Gasteiger partial charge in [0.1, 0.15) is 5.41 Å². The molecule has 1 aromatic rings. The Labute approximate surface area is 119 Å². The largest absolute Gasteiger partial charge is 0.381 e. The van der Waals surface area contributed by atoms with Gasteiger partial charge in [0.05, 0.1) is 0 Å². The Balaban J connectivity index is 2.09. The van der Waals surface area contributed by atoms with E-state index in [1.165, 1.54) is 0 Å². The number of nitrogens with one attached hydrogen (secondary N) is 1. The molecule has 0 heterocycles. The van der Waals surface area contributed by atoms with Crippen LogP contribution in [0.2, 0.25) is 0 Å². The molecular formula is C16H20N2O2. The van der Waals surface area contributed by atoms with E-state index in [4.69, 9.17) is 0 Å². The second kappa shape index (κ2) is 5.49. The number of nitrogens with zero attached hydrogens (tertiary/aromatic N) is 1. The first-order chi connectivity index (χ1) is 9.45. The molecule has 0 atom stereocenters. The van der Waals surface area contributed by atoms with Crippen molar-refractivity contribution in [2.45, 2.75) is 19.8 Å². The topological polar surface area (TPSA) is 49.4 Å². The number of benzene rings is 1. The van der Waals surface area contributed by atoms with Gasteiger partial charge in [-0.25, -0.2) is 0 Å². The normalized spacial score (nSPS) is 16.4. The maximum Gasteiger partial charge on any atom is 0.238 e. The molecule has 1 amide bonds. The lowest BCUT2D eigenvalue weighted by Gasteiger charge is -2.15. The minimum atomic E-state index is -0.854. The van der Waals surface area contributed by atoms with Crippen LogP contribution in [0.25, 0.3) is 0 Å². The molecule has 0 saturated heterocycles. The molecule has 20 heavy (non-hydrogen) atoms. The van der Waals surface area contributed by atoms with Crippen LogP contribution < -0.4 is 5.32 Å². The molecular weight excluding hydrogens is 252 g/mol. The third kappa shape index (κ3) is 2.90. The summed E-state index contributed by atoms with van der Waals surface area (Å²) in [4.78, 5) is 26.5. The van der Waals surface area contributed by atoms with Crippen molar-refractivity contribution in [3.05, 3.63) is 42.1 Å². The summed E-state index contributed by atoms with van der Waals surface area (Å²) in [5, 5.41) is 2.83. The average molecular weight is 272 g/mol. The molecule has 1 aliphatic carbocycles. The number of ketones is 1. The third-order valence-electron chi connectivity index (χ3n) is 3.73. The van der Waals surface area contributed by atoms with Crippen molar-refractivity contribution < 1.29 is 9.59 Å². The van der Waals surface area contributed by atoms with Gasteiger partial charge in [0.25, 0.3) is 0 Å². The Kier molecular flexibility index (Phi) is 3.93. The van der Waals surface area contributed by atoms with Crippen LogP contribution in [0.4, 0.5) is 5.69 Å². The highest BCUT2D eigenvalue weighted by Crippen LogP contribution is 2.48. The molecule has 0 radical (unpaired) electrons. The number of anilines is 1. The first-order valence-electron chi connectivity index (χ1n) is 6.72. The van der Waals surface area contributed by atoms with E-state index in [2.05, 4.69) is 5.32 Å². The van der Waals surface area contributed by atoms with Gasteiger partial charge in [-0.1, -0.05) is 18.2 Å². The highest BCUT2D eigenvalue weighted by Gasteiger charge is 2.55. The molecule has 4 heteroatoms. The van der Waals surface area contributed by atoms with E-state index in [9.17, 15) is 9.59 Å².